The van der Waals surface area contributed by atoms with Crippen LogP contribution in [-0.4, -0.2) is 0 Å². The number of halogens is 8. The molecule has 0 bridgehead atoms. The molecule has 8 heteroatoms. The minimum atomic E-state index is -1.15. The van der Waals surface area contributed by atoms with Gasteiger partial charge in [-0.1, -0.05) is 24.3 Å². The molecule has 5 rings (SSSR count). The van der Waals surface area contributed by atoms with Gasteiger partial charge in [-0.05, 0) is 82.9 Å². The lowest BCUT2D eigenvalue weighted by Gasteiger charge is -2.20. The highest BCUT2D eigenvalue weighted by atomic mass is 19.2. The summed E-state index contributed by atoms with van der Waals surface area (Å²) in [7, 11) is 0. The Balaban J connectivity index is 2.03. The van der Waals surface area contributed by atoms with E-state index in [-0.39, 0.29) is 0 Å². The van der Waals surface area contributed by atoms with Crippen LogP contribution in [0, 0.1) is 46.5 Å². The van der Waals surface area contributed by atoms with Crippen LogP contribution in [0.4, 0.5) is 35.1 Å². The first-order chi connectivity index (χ1) is 18.2. The standard InChI is InChI=1S/C30H14F8/c31-19-5-1-6-20(32)27(19)15-13-17(29-23(35)9-3-10-24(29)36)18(30-25(37)11-4-12-26(30)38)14-16(15)28-21(33)7-2-8-22(28)34/h1-14H. The second-order valence-corrected chi connectivity index (χ2v) is 8.33. The molecule has 190 valence electrons. The minimum Gasteiger partial charge on any atom is -0.206 e. The number of hydrogen-bond donors (Lipinski definition) is 0. The van der Waals surface area contributed by atoms with Crippen molar-refractivity contribution in [1.82, 2.24) is 0 Å². The third-order valence-electron chi connectivity index (χ3n) is 6.09. The fraction of sp³-hybridized carbons (Fsp3) is 0. The zero-order chi connectivity index (χ0) is 27.1. The van der Waals surface area contributed by atoms with Crippen molar-refractivity contribution < 1.29 is 35.1 Å². The van der Waals surface area contributed by atoms with Gasteiger partial charge in [0.15, 0.2) is 0 Å². The summed E-state index contributed by atoms with van der Waals surface area (Å²) >= 11 is 0. The van der Waals surface area contributed by atoms with E-state index >= 15 is 0 Å². The monoisotopic (exact) mass is 526 g/mol. The van der Waals surface area contributed by atoms with Crippen molar-refractivity contribution in [2.24, 2.45) is 0 Å². The number of hydrogen-bond acceptors (Lipinski definition) is 0. The number of rotatable bonds is 4. The molecule has 0 atom stereocenters. The average Bonchev–Trinajstić information content (AvgIpc) is 2.85. The average molecular weight is 526 g/mol. The molecule has 0 aliphatic heterocycles. The minimum absolute atomic E-state index is 0.497. The topological polar surface area (TPSA) is 0 Å². The normalized spacial score (nSPS) is 11.2. The molecule has 0 saturated carbocycles. The van der Waals surface area contributed by atoms with Crippen LogP contribution in [0.3, 0.4) is 0 Å². The maximum Gasteiger partial charge on any atom is 0.133 e. The molecule has 5 aromatic carbocycles. The first-order valence-electron chi connectivity index (χ1n) is 11.1. The van der Waals surface area contributed by atoms with Crippen molar-refractivity contribution in [3.63, 3.8) is 0 Å². The molecule has 0 amide bonds. The van der Waals surface area contributed by atoms with E-state index in [1.54, 1.807) is 0 Å². The van der Waals surface area contributed by atoms with Crippen molar-refractivity contribution >= 4 is 0 Å². The van der Waals surface area contributed by atoms with Crippen LogP contribution in [0.25, 0.3) is 44.5 Å². The predicted octanol–water partition coefficient (Wildman–Crippen LogP) is 9.47. The highest BCUT2D eigenvalue weighted by molar-refractivity contribution is 5.96. The molecular weight excluding hydrogens is 512 g/mol. The molecular formula is C30H14F8. The summed E-state index contributed by atoms with van der Waals surface area (Å²) in [5, 5.41) is 0. The van der Waals surface area contributed by atoms with Crippen molar-refractivity contribution in [3.8, 4) is 44.5 Å². The maximum absolute atomic E-state index is 15.0. The molecule has 0 saturated heterocycles. The van der Waals surface area contributed by atoms with Gasteiger partial charge in [0.1, 0.15) is 46.5 Å². The largest absolute Gasteiger partial charge is 0.206 e. The van der Waals surface area contributed by atoms with Gasteiger partial charge >= 0.3 is 0 Å². The molecule has 5 aromatic rings. The Hall–Kier alpha value is -4.46. The summed E-state index contributed by atoms with van der Waals surface area (Å²) < 4.78 is 120. The van der Waals surface area contributed by atoms with Crippen LogP contribution in [0.2, 0.25) is 0 Å². The summed E-state index contributed by atoms with van der Waals surface area (Å²) in [5.74, 6) is -9.16. The lowest BCUT2D eigenvalue weighted by Crippen LogP contribution is -2.02. The van der Waals surface area contributed by atoms with E-state index in [9.17, 15) is 35.1 Å². The Morgan fingerprint density at radius 2 is 0.421 bits per heavy atom. The van der Waals surface area contributed by atoms with E-state index < -0.39 is 91.0 Å². The van der Waals surface area contributed by atoms with Crippen molar-refractivity contribution in [2.45, 2.75) is 0 Å². The maximum atomic E-state index is 15.0. The van der Waals surface area contributed by atoms with Gasteiger partial charge < -0.3 is 0 Å². The Bertz CT molecular complexity index is 1380. The molecule has 38 heavy (non-hydrogen) atoms. The number of benzene rings is 5. The zero-order valence-corrected chi connectivity index (χ0v) is 19.1. The summed E-state index contributed by atoms with van der Waals surface area (Å²) in [6, 6.07) is 13.0. The van der Waals surface area contributed by atoms with E-state index in [2.05, 4.69) is 0 Å². The van der Waals surface area contributed by atoms with Gasteiger partial charge in [-0.25, -0.2) is 35.1 Å². The van der Waals surface area contributed by atoms with Gasteiger partial charge in [0.2, 0.25) is 0 Å². The third kappa shape index (κ3) is 4.22. The SMILES string of the molecule is Fc1cccc(F)c1-c1cc(-c2c(F)cccc2F)c(-c2c(F)cccc2F)cc1-c1c(F)cccc1F. The zero-order valence-electron chi connectivity index (χ0n) is 19.1. The molecule has 0 nitrogen and oxygen atoms in total. The van der Waals surface area contributed by atoms with E-state index in [4.69, 9.17) is 0 Å². The fourth-order valence-electron chi connectivity index (χ4n) is 4.45. The van der Waals surface area contributed by atoms with Crippen LogP contribution in [0.15, 0.2) is 84.9 Å². The summed E-state index contributed by atoms with van der Waals surface area (Å²) in [4.78, 5) is 0. The summed E-state index contributed by atoms with van der Waals surface area (Å²) in [6.45, 7) is 0. The van der Waals surface area contributed by atoms with Crippen molar-refractivity contribution in [1.29, 1.82) is 0 Å². The summed E-state index contributed by atoms with van der Waals surface area (Å²) in [6.07, 6.45) is 0. The first kappa shape index (κ1) is 25.2. The molecule has 0 unspecified atom stereocenters. The van der Waals surface area contributed by atoms with E-state index in [0.29, 0.717) is 0 Å². The van der Waals surface area contributed by atoms with Crippen LogP contribution in [0.1, 0.15) is 0 Å². The second-order valence-electron chi connectivity index (χ2n) is 8.33. The second kappa shape index (κ2) is 9.78. The molecule has 0 heterocycles. The Morgan fingerprint density at radius 1 is 0.263 bits per heavy atom. The van der Waals surface area contributed by atoms with E-state index in [1.165, 1.54) is 0 Å². The summed E-state index contributed by atoms with van der Waals surface area (Å²) in [5.41, 5.74) is -5.03. The van der Waals surface area contributed by atoms with Crippen LogP contribution in [-0.2, 0) is 0 Å². The van der Waals surface area contributed by atoms with Crippen LogP contribution in [0.5, 0.6) is 0 Å². The third-order valence-corrected chi connectivity index (χ3v) is 6.09. The smallest absolute Gasteiger partial charge is 0.133 e. The molecule has 0 aliphatic rings. The van der Waals surface area contributed by atoms with E-state index in [1.807, 2.05) is 0 Å². The molecule has 0 aliphatic carbocycles. The highest BCUT2D eigenvalue weighted by Crippen LogP contribution is 2.46. The Kier molecular flexibility index (Phi) is 6.48. The van der Waals surface area contributed by atoms with Crippen molar-refractivity contribution in [3.05, 3.63) is 131 Å². The predicted molar refractivity (Wildman–Crippen MR) is 128 cm³/mol. The van der Waals surface area contributed by atoms with Gasteiger partial charge in [0.25, 0.3) is 0 Å². The van der Waals surface area contributed by atoms with Gasteiger partial charge in [-0.3, -0.25) is 0 Å². The van der Waals surface area contributed by atoms with Gasteiger partial charge in [0, 0.05) is 0 Å². The fourth-order valence-corrected chi connectivity index (χ4v) is 4.45. The Labute approximate surface area is 211 Å². The van der Waals surface area contributed by atoms with Crippen LogP contribution < -0.4 is 0 Å². The van der Waals surface area contributed by atoms with Crippen LogP contribution >= 0.6 is 0 Å². The molecule has 0 N–H and O–H groups in total. The van der Waals surface area contributed by atoms with E-state index in [0.717, 1.165) is 84.9 Å². The molecule has 0 aromatic heterocycles. The Morgan fingerprint density at radius 3 is 0.579 bits per heavy atom. The van der Waals surface area contributed by atoms with Gasteiger partial charge in [-0.2, -0.15) is 0 Å². The first-order valence-corrected chi connectivity index (χ1v) is 11.1. The lowest BCUT2D eigenvalue weighted by molar-refractivity contribution is 0.584. The van der Waals surface area contributed by atoms with Gasteiger partial charge in [0.05, 0.1) is 22.3 Å². The molecule has 0 fully saturated rings. The van der Waals surface area contributed by atoms with Crippen molar-refractivity contribution in [2.75, 3.05) is 0 Å². The lowest BCUT2D eigenvalue weighted by atomic mass is 9.84. The molecule has 0 radical (unpaired) electrons. The quantitative estimate of drug-likeness (QED) is 0.205. The van der Waals surface area contributed by atoms with Gasteiger partial charge in [-0.15, -0.1) is 0 Å². The molecule has 0 spiro atoms. The highest BCUT2D eigenvalue weighted by Gasteiger charge is 2.27.